The van der Waals surface area contributed by atoms with E-state index in [0.717, 1.165) is 6.42 Å². The molecule has 0 heterocycles. The van der Waals surface area contributed by atoms with Gasteiger partial charge in [-0.25, -0.2) is 19.1 Å². The molecule has 0 atom stereocenters. The van der Waals surface area contributed by atoms with Crippen molar-refractivity contribution in [2.75, 3.05) is 6.54 Å². The summed E-state index contributed by atoms with van der Waals surface area (Å²) in [4.78, 5) is 0. The number of hydrogen-bond acceptors (Lipinski definition) is 1. The maximum Gasteiger partial charge on any atom is 0 e. The van der Waals surface area contributed by atoms with Crippen LogP contribution in [-0.2, 0) is 32.7 Å². The molecule has 0 saturated heterocycles. The summed E-state index contributed by atoms with van der Waals surface area (Å²) in [6.07, 6.45) is 4.49. The second-order valence-electron chi connectivity index (χ2n) is 1.21. The number of nitrogens with two attached hydrogens (primary N) is 1. The molecular formula is C7H15NY-2. The summed E-state index contributed by atoms with van der Waals surface area (Å²) in [6.45, 7) is 9.55. The van der Waals surface area contributed by atoms with E-state index in [2.05, 4.69) is 13.8 Å². The first-order valence-electron chi connectivity index (χ1n) is 2.73. The Hall–Kier alpha value is 0.674. The van der Waals surface area contributed by atoms with Crippen molar-refractivity contribution in [1.82, 2.24) is 0 Å². The van der Waals surface area contributed by atoms with E-state index in [1.54, 1.807) is 6.08 Å². The van der Waals surface area contributed by atoms with Crippen LogP contribution in [-0.4, -0.2) is 6.54 Å². The predicted octanol–water partition coefficient (Wildman–Crippen LogP) is 1.56. The molecule has 0 bridgehead atoms. The Morgan fingerprint density at radius 2 is 1.78 bits per heavy atom. The molecule has 1 nitrogen and oxygen atoms in total. The summed E-state index contributed by atoms with van der Waals surface area (Å²) >= 11 is 0. The molecule has 0 aliphatic heterocycles. The van der Waals surface area contributed by atoms with Gasteiger partial charge in [0.25, 0.3) is 0 Å². The molecule has 0 aliphatic carbocycles. The fraction of sp³-hybridized carbons (Fsp3) is 0.429. The normalized spacial score (nSPS) is 7.44. The second-order valence-corrected chi connectivity index (χ2v) is 1.21. The molecule has 1 radical (unpaired) electrons. The van der Waals surface area contributed by atoms with E-state index in [1.807, 2.05) is 13.0 Å². The van der Waals surface area contributed by atoms with Crippen molar-refractivity contribution >= 4 is 0 Å². The molecule has 0 amide bonds. The van der Waals surface area contributed by atoms with Crippen molar-refractivity contribution in [2.45, 2.75) is 13.3 Å². The standard InChI is InChI=1S/C4H7.C3H8N.Y/c1-3-4-2;1-2-3-4;/h3-4H,1H2,2H3;1-4H2;/q2*-1;/b4-3+;;. The minimum Gasteiger partial charge on any atom is -0.342 e. The van der Waals surface area contributed by atoms with Crippen molar-refractivity contribution in [3.8, 4) is 0 Å². The maximum absolute atomic E-state index is 4.97. The van der Waals surface area contributed by atoms with Crippen molar-refractivity contribution in [1.29, 1.82) is 0 Å². The molecule has 0 aliphatic rings. The third-order valence-corrected chi connectivity index (χ3v) is 0.440. The fourth-order valence-electron chi connectivity index (χ4n) is 0. The molecule has 0 aromatic carbocycles. The maximum atomic E-state index is 4.97. The van der Waals surface area contributed by atoms with Crippen LogP contribution in [0.4, 0.5) is 0 Å². The van der Waals surface area contributed by atoms with E-state index < -0.39 is 0 Å². The van der Waals surface area contributed by atoms with Gasteiger partial charge in [0.05, 0.1) is 0 Å². The smallest absolute Gasteiger partial charge is 0 e. The zero-order valence-electron chi connectivity index (χ0n) is 6.14. The van der Waals surface area contributed by atoms with Gasteiger partial charge in [0, 0.05) is 32.7 Å². The summed E-state index contributed by atoms with van der Waals surface area (Å²) in [5.74, 6) is 0. The van der Waals surface area contributed by atoms with Gasteiger partial charge in [-0.3, -0.25) is 0 Å². The van der Waals surface area contributed by atoms with Crippen LogP contribution >= 0.6 is 0 Å². The van der Waals surface area contributed by atoms with Crippen LogP contribution in [0.15, 0.2) is 12.2 Å². The van der Waals surface area contributed by atoms with Crippen LogP contribution in [0.3, 0.4) is 0 Å². The van der Waals surface area contributed by atoms with Crippen molar-refractivity contribution < 1.29 is 32.7 Å². The zero-order valence-corrected chi connectivity index (χ0v) is 8.98. The monoisotopic (exact) mass is 202 g/mol. The minimum atomic E-state index is 0. The van der Waals surface area contributed by atoms with Gasteiger partial charge in [0.1, 0.15) is 0 Å². The van der Waals surface area contributed by atoms with Crippen molar-refractivity contribution in [3.63, 3.8) is 0 Å². The molecule has 2 N–H and O–H groups in total. The predicted molar refractivity (Wildman–Crippen MR) is 39.2 cm³/mol. The molecule has 0 saturated carbocycles. The third-order valence-electron chi connectivity index (χ3n) is 0.440. The summed E-state index contributed by atoms with van der Waals surface area (Å²) in [5.41, 5.74) is 4.97. The van der Waals surface area contributed by atoms with Gasteiger partial charge in [-0.05, 0) is 6.54 Å². The van der Waals surface area contributed by atoms with Crippen LogP contribution in [0, 0.1) is 13.8 Å². The van der Waals surface area contributed by atoms with Gasteiger partial charge < -0.3 is 12.7 Å². The topological polar surface area (TPSA) is 26.0 Å². The van der Waals surface area contributed by atoms with Gasteiger partial charge in [0.2, 0.25) is 0 Å². The first-order valence-corrected chi connectivity index (χ1v) is 2.73. The second kappa shape index (κ2) is 23.4. The first-order chi connectivity index (χ1) is 3.83. The molecule has 0 aromatic rings. The minimum absolute atomic E-state index is 0. The quantitative estimate of drug-likeness (QED) is 0.641. The number of rotatable bonds is 1. The molecule has 53 valence electrons. The Morgan fingerprint density at radius 3 is 1.78 bits per heavy atom. The summed E-state index contributed by atoms with van der Waals surface area (Å²) in [6, 6.07) is 0. The molecule has 0 rings (SSSR count). The van der Waals surface area contributed by atoms with E-state index in [4.69, 9.17) is 5.73 Å². The van der Waals surface area contributed by atoms with Gasteiger partial charge in [-0.2, -0.15) is 6.42 Å². The van der Waals surface area contributed by atoms with Gasteiger partial charge in [-0.15, -0.1) is 6.92 Å². The van der Waals surface area contributed by atoms with E-state index >= 15 is 0 Å². The van der Waals surface area contributed by atoms with Gasteiger partial charge in [0.15, 0.2) is 0 Å². The molecule has 0 spiro atoms. The Balaban J connectivity index is -0.0000000720. The Morgan fingerprint density at radius 1 is 1.56 bits per heavy atom. The van der Waals surface area contributed by atoms with E-state index in [0.29, 0.717) is 6.54 Å². The van der Waals surface area contributed by atoms with Crippen molar-refractivity contribution in [3.05, 3.63) is 26.0 Å². The SMILES string of the molecule is [CH2-]/C=C/C.[CH2-]CCN.[Y]. The number of hydrogen-bond donors (Lipinski definition) is 1. The van der Waals surface area contributed by atoms with Crippen LogP contribution in [0.5, 0.6) is 0 Å². The fourth-order valence-corrected chi connectivity index (χ4v) is 0. The van der Waals surface area contributed by atoms with Crippen LogP contribution in [0.2, 0.25) is 0 Å². The molecule has 0 aromatic heterocycles. The zero-order chi connectivity index (χ0) is 6.83. The Kier molecular flexibility index (Phi) is 42.5. The molecule has 0 unspecified atom stereocenters. The molecule has 9 heavy (non-hydrogen) atoms. The summed E-state index contributed by atoms with van der Waals surface area (Å²) in [5, 5.41) is 0. The van der Waals surface area contributed by atoms with E-state index in [1.165, 1.54) is 0 Å². The average Bonchev–Trinajstić information content (AvgIpc) is 1.88. The first kappa shape index (κ1) is 16.3. The molecule has 2 heteroatoms. The third kappa shape index (κ3) is 54.0. The van der Waals surface area contributed by atoms with Crippen molar-refractivity contribution in [2.24, 2.45) is 5.73 Å². The Bertz CT molecular complexity index is 38.2. The van der Waals surface area contributed by atoms with E-state index in [9.17, 15) is 0 Å². The molecular weight excluding hydrogens is 187 g/mol. The van der Waals surface area contributed by atoms with Gasteiger partial charge >= 0.3 is 0 Å². The molecule has 0 fully saturated rings. The summed E-state index contributed by atoms with van der Waals surface area (Å²) in [7, 11) is 0. The average molecular weight is 202 g/mol. The van der Waals surface area contributed by atoms with Crippen LogP contribution in [0.1, 0.15) is 13.3 Å². The Labute approximate surface area is 84.0 Å². The number of allylic oxidation sites excluding steroid dienone is 2. The van der Waals surface area contributed by atoms with E-state index in [-0.39, 0.29) is 32.7 Å². The largest absolute Gasteiger partial charge is 0.342 e. The summed E-state index contributed by atoms with van der Waals surface area (Å²) < 4.78 is 0. The van der Waals surface area contributed by atoms with Gasteiger partial charge in [-0.1, -0.05) is 0 Å². The van der Waals surface area contributed by atoms with Crippen LogP contribution < -0.4 is 5.73 Å². The van der Waals surface area contributed by atoms with Crippen LogP contribution in [0.25, 0.3) is 0 Å².